The zero-order valence-corrected chi connectivity index (χ0v) is 15.0. The quantitative estimate of drug-likeness (QED) is 0.729. The first kappa shape index (κ1) is 17.4. The molecule has 1 aliphatic rings. The molecule has 0 radical (unpaired) electrons. The monoisotopic (exact) mass is 362 g/mol. The molecule has 4 heterocycles. The van der Waals surface area contributed by atoms with Crippen LogP contribution in [0.2, 0.25) is 0 Å². The average Bonchev–Trinajstić information content (AvgIpc) is 3.22. The number of carbonyl (C=O) groups is 1. The topological polar surface area (TPSA) is 86.8 Å². The fraction of sp³-hybridized carbons (Fsp3) is 0.300. The lowest BCUT2D eigenvalue weighted by atomic mass is 9.94. The van der Waals surface area contributed by atoms with E-state index in [1.54, 1.807) is 24.5 Å². The lowest BCUT2D eigenvalue weighted by Crippen LogP contribution is -2.34. The number of rotatable bonds is 5. The minimum absolute atomic E-state index is 0.237. The van der Waals surface area contributed by atoms with Gasteiger partial charge in [-0.05, 0) is 43.7 Å². The van der Waals surface area contributed by atoms with Crippen molar-refractivity contribution in [3.05, 3.63) is 72.2 Å². The zero-order chi connectivity index (χ0) is 18.5. The summed E-state index contributed by atoms with van der Waals surface area (Å²) in [5.41, 5.74) is 1.38. The van der Waals surface area contributed by atoms with E-state index in [4.69, 9.17) is 0 Å². The van der Waals surface area contributed by atoms with Crippen LogP contribution in [0.3, 0.4) is 0 Å². The van der Waals surface area contributed by atoms with Crippen LogP contribution in [-0.2, 0) is 6.54 Å². The lowest BCUT2D eigenvalue weighted by Gasteiger charge is -2.31. The third-order valence-electron chi connectivity index (χ3n) is 4.76. The van der Waals surface area contributed by atoms with E-state index in [9.17, 15) is 4.79 Å². The Morgan fingerprint density at radius 3 is 2.96 bits per heavy atom. The van der Waals surface area contributed by atoms with Gasteiger partial charge in [0.05, 0.1) is 6.54 Å². The van der Waals surface area contributed by atoms with Gasteiger partial charge in [-0.15, -0.1) is 0 Å². The Balaban J connectivity index is 1.44. The van der Waals surface area contributed by atoms with Crippen LogP contribution >= 0.6 is 0 Å². The number of anilines is 1. The Hall–Kier alpha value is -3.06. The molecule has 0 unspecified atom stereocenters. The van der Waals surface area contributed by atoms with Gasteiger partial charge in [0.15, 0.2) is 0 Å². The third-order valence-corrected chi connectivity index (χ3v) is 4.76. The van der Waals surface area contributed by atoms with Crippen molar-refractivity contribution in [1.82, 2.24) is 24.8 Å². The first-order valence-corrected chi connectivity index (χ1v) is 9.18. The Morgan fingerprint density at radius 1 is 1.19 bits per heavy atom. The van der Waals surface area contributed by atoms with Crippen molar-refractivity contribution in [2.45, 2.75) is 25.3 Å². The SMILES string of the molecule is O=C(Nc1ccccn1)c1cccc([C@H]2CCCN(Cc3ncc[nH]3)C2)n1. The van der Waals surface area contributed by atoms with Crippen molar-refractivity contribution in [2.75, 3.05) is 18.4 Å². The summed E-state index contributed by atoms with van der Waals surface area (Å²) in [6.07, 6.45) is 7.46. The minimum Gasteiger partial charge on any atom is -0.348 e. The number of imidazole rings is 1. The largest absolute Gasteiger partial charge is 0.348 e. The maximum Gasteiger partial charge on any atom is 0.275 e. The Kier molecular flexibility index (Phi) is 5.20. The highest BCUT2D eigenvalue weighted by molar-refractivity contribution is 6.02. The van der Waals surface area contributed by atoms with Gasteiger partial charge >= 0.3 is 0 Å². The summed E-state index contributed by atoms with van der Waals surface area (Å²) >= 11 is 0. The second-order valence-corrected chi connectivity index (χ2v) is 6.73. The number of likely N-dealkylation sites (tertiary alicyclic amines) is 1. The summed E-state index contributed by atoms with van der Waals surface area (Å²) in [5.74, 6) is 1.58. The predicted octanol–water partition coefficient (Wildman–Crippen LogP) is 2.83. The number of H-pyrrole nitrogens is 1. The van der Waals surface area contributed by atoms with E-state index in [0.29, 0.717) is 17.4 Å². The second-order valence-electron chi connectivity index (χ2n) is 6.73. The number of nitrogens with one attached hydrogen (secondary N) is 2. The van der Waals surface area contributed by atoms with E-state index in [1.807, 2.05) is 30.5 Å². The summed E-state index contributed by atoms with van der Waals surface area (Å²) in [6.45, 7) is 2.78. The van der Waals surface area contributed by atoms with Crippen molar-refractivity contribution in [1.29, 1.82) is 0 Å². The van der Waals surface area contributed by atoms with E-state index < -0.39 is 0 Å². The molecule has 0 bridgehead atoms. The molecule has 0 aliphatic carbocycles. The number of carbonyl (C=O) groups excluding carboxylic acids is 1. The molecule has 7 heteroatoms. The van der Waals surface area contributed by atoms with Crippen molar-refractivity contribution < 1.29 is 4.79 Å². The highest BCUT2D eigenvalue weighted by Crippen LogP contribution is 2.26. The first-order chi connectivity index (χ1) is 13.3. The molecule has 1 fully saturated rings. The molecule has 0 aromatic carbocycles. The fourth-order valence-corrected chi connectivity index (χ4v) is 3.46. The molecule has 4 rings (SSSR count). The fourth-order valence-electron chi connectivity index (χ4n) is 3.46. The van der Waals surface area contributed by atoms with Gasteiger partial charge in [0.25, 0.3) is 5.91 Å². The number of aromatic amines is 1. The van der Waals surface area contributed by atoms with Crippen molar-refractivity contribution in [2.24, 2.45) is 0 Å². The summed E-state index contributed by atoms with van der Waals surface area (Å²) < 4.78 is 0. The van der Waals surface area contributed by atoms with Crippen LogP contribution in [0, 0.1) is 0 Å². The number of amides is 1. The molecule has 7 nitrogen and oxygen atoms in total. The zero-order valence-electron chi connectivity index (χ0n) is 15.0. The first-order valence-electron chi connectivity index (χ1n) is 9.18. The van der Waals surface area contributed by atoms with Gasteiger partial charge in [0.1, 0.15) is 17.3 Å². The van der Waals surface area contributed by atoms with Gasteiger partial charge in [-0.2, -0.15) is 0 Å². The Labute approximate surface area is 157 Å². The second kappa shape index (κ2) is 8.09. The summed E-state index contributed by atoms with van der Waals surface area (Å²) in [7, 11) is 0. The number of pyridine rings is 2. The highest BCUT2D eigenvalue weighted by atomic mass is 16.1. The van der Waals surface area contributed by atoms with Crippen LogP contribution in [0.25, 0.3) is 0 Å². The van der Waals surface area contributed by atoms with Gasteiger partial charge in [-0.25, -0.2) is 15.0 Å². The molecule has 0 spiro atoms. The van der Waals surface area contributed by atoms with Gasteiger partial charge in [0.2, 0.25) is 0 Å². The molecule has 0 saturated carbocycles. The van der Waals surface area contributed by atoms with E-state index in [0.717, 1.165) is 44.0 Å². The van der Waals surface area contributed by atoms with Crippen LogP contribution in [0.1, 0.15) is 40.8 Å². The molecule has 1 amide bonds. The Morgan fingerprint density at radius 2 is 2.15 bits per heavy atom. The number of hydrogen-bond donors (Lipinski definition) is 2. The molecule has 138 valence electrons. The summed E-state index contributed by atoms with van der Waals surface area (Å²) in [5, 5.41) is 2.79. The maximum absolute atomic E-state index is 12.5. The molecule has 27 heavy (non-hydrogen) atoms. The van der Waals surface area contributed by atoms with Crippen molar-refractivity contribution in [3.63, 3.8) is 0 Å². The van der Waals surface area contributed by atoms with Gasteiger partial charge in [-0.3, -0.25) is 9.69 Å². The number of piperidine rings is 1. The van der Waals surface area contributed by atoms with Gasteiger partial charge in [0, 0.05) is 36.7 Å². The van der Waals surface area contributed by atoms with Crippen LogP contribution in [-0.4, -0.2) is 43.8 Å². The van der Waals surface area contributed by atoms with Crippen molar-refractivity contribution in [3.8, 4) is 0 Å². The standard InChI is InChI=1S/C20H22N6O/c27-20(25-18-8-1-2-9-21-18)17-7-3-6-16(24-17)15-5-4-12-26(13-15)14-19-22-10-11-23-19/h1-3,6-11,15H,4-5,12-14H2,(H,22,23)(H,21,25,27)/t15-/m0/s1. The smallest absolute Gasteiger partial charge is 0.275 e. The van der Waals surface area contributed by atoms with Crippen LogP contribution in [0.4, 0.5) is 5.82 Å². The molecular formula is C20H22N6O. The van der Waals surface area contributed by atoms with E-state index in [2.05, 4.69) is 30.2 Å². The molecular weight excluding hydrogens is 340 g/mol. The molecule has 1 saturated heterocycles. The molecule has 3 aromatic heterocycles. The molecule has 1 aliphatic heterocycles. The van der Waals surface area contributed by atoms with Crippen LogP contribution in [0.5, 0.6) is 0 Å². The Bertz CT molecular complexity index is 881. The van der Waals surface area contributed by atoms with Crippen LogP contribution < -0.4 is 5.32 Å². The third kappa shape index (κ3) is 4.38. The van der Waals surface area contributed by atoms with E-state index >= 15 is 0 Å². The average molecular weight is 362 g/mol. The molecule has 2 N–H and O–H groups in total. The molecule has 3 aromatic rings. The maximum atomic E-state index is 12.5. The highest BCUT2D eigenvalue weighted by Gasteiger charge is 2.23. The number of nitrogens with zero attached hydrogens (tertiary/aromatic N) is 4. The van der Waals surface area contributed by atoms with Gasteiger partial charge < -0.3 is 10.3 Å². The minimum atomic E-state index is -0.237. The molecule has 1 atom stereocenters. The lowest BCUT2D eigenvalue weighted by molar-refractivity contribution is 0.102. The predicted molar refractivity (Wildman–Crippen MR) is 102 cm³/mol. The number of aromatic nitrogens is 4. The van der Waals surface area contributed by atoms with E-state index in [-0.39, 0.29) is 5.91 Å². The van der Waals surface area contributed by atoms with Crippen LogP contribution in [0.15, 0.2) is 55.0 Å². The summed E-state index contributed by atoms with van der Waals surface area (Å²) in [4.78, 5) is 31.1. The van der Waals surface area contributed by atoms with Crippen molar-refractivity contribution >= 4 is 11.7 Å². The summed E-state index contributed by atoms with van der Waals surface area (Å²) in [6, 6.07) is 11.1. The van der Waals surface area contributed by atoms with Gasteiger partial charge in [-0.1, -0.05) is 12.1 Å². The normalized spacial score (nSPS) is 17.6. The number of hydrogen-bond acceptors (Lipinski definition) is 5. The van der Waals surface area contributed by atoms with E-state index in [1.165, 1.54) is 0 Å².